The van der Waals surface area contributed by atoms with E-state index in [1.54, 1.807) is 13.8 Å². The lowest BCUT2D eigenvalue weighted by atomic mass is 9.98. The second-order valence-corrected chi connectivity index (χ2v) is 11.3. The average molecular weight is 556 g/mol. The summed E-state index contributed by atoms with van der Waals surface area (Å²) in [5, 5.41) is 26.1. The zero-order chi connectivity index (χ0) is 30.0. The van der Waals surface area contributed by atoms with Crippen LogP contribution in [0.1, 0.15) is 73.6 Å². The second kappa shape index (κ2) is 15.4. The van der Waals surface area contributed by atoms with Crippen molar-refractivity contribution >= 4 is 35.6 Å². The highest BCUT2D eigenvalue weighted by Gasteiger charge is 2.40. The van der Waals surface area contributed by atoms with Crippen LogP contribution in [-0.4, -0.2) is 87.4 Å². The normalized spacial score (nSPS) is 18.4. The minimum atomic E-state index is -1.35. The number of aliphatic carboxylic acids is 2. The summed E-state index contributed by atoms with van der Waals surface area (Å²) in [5.41, 5.74) is 5.64. The third-order valence-corrected chi connectivity index (χ3v) is 6.46. The summed E-state index contributed by atoms with van der Waals surface area (Å²) in [7, 11) is 0. The first-order valence-corrected chi connectivity index (χ1v) is 13.5. The maximum Gasteiger partial charge on any atom is 0.326 e. The molecule has 0 bridgehead atoms. The molecule has 0 aliphatic carbocycles. The van der Waals surface area contributed by atoms with Crippen molar-refractivity contribution < 1.29 is 39.0 Å². The Bertz CT molecular complexity index is 907. The molecule has 1 heterocycles. The quantitative estimate of drug-likeness (QED) is 0.161. The Morgan fingerprint density at radius 3 is 1.90 bits per heavy atom. The van der Waals surface area contributed by atoms with Gasteiger partial charge in [0.25, 0.3) is 0 Å². The van der Waals surface area contributed by atoms with Crippen LogP contribution in [0.3, 0.4) is 0 Å². The summed E-state index contributed by atoms with van der Waals surface area (Å²) >= 11 is 0. The molecule has 0 radical (unpaired) electrons. The van der Waals surface area contributed by atoms with Crippen molar-refractivity contribution in [1.29, 1.82) is 0 Å². The fourth-order valence-electron chi connectivity index (χ4n) is 4.47. The number of amides is 4. The van der Waals surface area contributed by atoms with Gasteiger partial charge in [-0.25, -0.2) is 4.79 Å². The highest BCUT2D eigenvalue weighted by Crippen LogP contribution is 2.21. The van der Waals surface area contributed by atoms with Crippen molar-refractivity contribution in [3.8, 4) is 0 Å². The van der Waals surface area contributed by atoms with Crippen LogP contribution in [0.15, 0.2) is 0 Å². The van der Waals surface area contributed by atoms with Gasteiger partial charge in [0.1, 0.15) is 24.2 Å². The van der Waals surface area contributed by atoms with Gasteiger partial charge in [-0.1, -0.05) is 41.5 Å². The number of hydrogen-bond acceptors (Lipinski definition) is 7. The molecule has 4 amide bonds. The first-order chi connectivity index (χ1) is 18.0. The summed E-state index contributed by atoms with van der Waals surface area (Å²) in [5.74, 6) is -5.23. The molecule has 0 unspecified atom stereocenters. The number of nitrogens with two attached hydrogens (primary N) is 1. The number of rotatable bonds is 15. The van der Waals surface area contributed by atoms with Crippen LogP contribution >= 0.6 is 0 Å². The standard InChI is InChI=1S/C26H45N5O8/c1-13(2)10-17(28-22(34)16(27)12-20(32)33)23(35)30-21(15(5)6)25(37)31-9-7-8-19(31)24(36)29-18(26(38)39)11-14(3)4/h13-19,21H,7-12,27H2,1-6H3,(H,28,34)(H,29,36)(H,30,35)(H,32,33)(H,38,39)/t16-,17-,18-,19-,21-/m0/s1. The smallest absolute Gasteiger partial charge is 0.326 e. The number of likely N-dealkylation sites (tertiary alicyclic amines) is 1. The third-order valence-electron chi connectivity index (χ3n) is 6.46. The predicted octanol–water partition coefficient (Wildman–Crippen LogP) is 0.0666. The summed E-state index contributed by atoms with van der Waals surface area (Å²) in [4.78, 5) is 76.1. The molecule has 13 nitrogen and oxygen atoms in total. The maximum atomic E-state index is 13.6. The minimum absolute atomic E-state index is 0.0235. The Kier molecular flexibility index (Phi) is 13.3. The number of hydrogen-bond donors (Lipinski definition) is 6. The van der Waals surface area contributed by atoms with Crippen molar-refractivity contribution in [2.45, 2.75) is 104 Å². The highest BCUT2D eigenvalue weighted by molar-refractivity contribution is 5.96. The van der Waals surface area contributed by atoms with Gasteiger partial charge in [-0.05, 0) is 43.4 Å². The molecule has 0 aromatic carbocycles. The molecule has 1 aliphatic rings. The molecule has 0 saturated carbocycles. The van der Waals surface area contributed by atoms with Crippen LogP contribution in [0.25, 0.3) is 0 Å². The molecule has 0 aromatic heterocycles. The van der Waals surface area contributed by atoms with Crippen molar-refractivity contribution in [3.05, 3.63) is 0 Å². The van der Waals surface area contributed by atoms with Gasteiger partial charge in [-0.3, -0.25) is 24.0 Å². The van der Waals surface area contributed by atoms with Crippen molar-refractivity contribution in [2.75, 3.05) is 6.54 Å². The molecule has 5 atom stereocenters. The predicted molar refractivity (Wildman–Crippen MR) is 142 cm³/mol. The molecular weight excluding hydrogens is 510 g/mol. The van der Waals surface area contributed by atoms with Crippen molar-refractivity contribution in [1.82, 2.24) is 20.9 Å². The van der Waals surface area contributed by atoms with Crippen LogP contribution in [0, 0.1) is 17.8 Å². The van der Waals surface area contributed by atoms with Gasteiger partial charge in [0.2, 0.25) is 23.6 Å². The van der Waals surface area contributed by atoms with E-state index in [0.717, 1.165) is 0 Å². The van der Waals surface area contributed by atoms with Gasteiger partial charge in [0.05, 0.1) is 12.5 Å². The molecule has 13 heteroatoms. The van der Waals surface area contributed by atoms with Gasteiger partial charge in [0.15, 0.2) is 0 Å². The maximum absolute atomic E-state index is 13.6. The van der Waals surface area contributed by atoms with Crippen LogP contribution in [-0.2, 0) is 28.8 Å². The van der Waals surface area contributed by atoms with Gasteiger partial charge in [0, 0.05) is 6.54 Å². The van der Waals surface area contributed by atoms with Crippen LogP contribution in [0.2, 0.25) is 0 Å². The lowest BCUT2D eigenvalue weighted by Gasteiger charge is -2.32. The van der Waals surface area contributed by atoms with E-state index in [1.807, 2.05) is 27.7 Å². The van der Waals surface area contributed by atoms with E-state index >= 15 is 0 Å². The van der Waals surface area contributed by atoms with Crippen molar-refractivity contribution in [3.63, 3.8) is 0 Å². The van der Waals surface area contributed by atoms with Gasteiger partial charge >= 0.3 is 11.9 Å². The molecule has 1 rings (SSSR count). The first-order valence-electron chi connectivity index (χ1n) is 13.5. The Morgan fingerprint density at radius 1 is 0.846 bits per heavy atom. The number of nitrogens with one attached hydrogen (secondary N) is 3. The summed E-state index contributed by atoms with van der Waals surface area (Å²) in [6.45, 7) is 11.1. The van der Waals surface area contributed by atoms with Gasteiger partial charge < -0.3 is 36.8 Å². The van der Waals surface area contributed by atoms with Crippen LogP contribution < -0.4 is 21.7 Å². The van der Waals surface area contributed by atoms with E-state index in [0.29, 0.717) is 12.8 Å². The molecule has 39 heavy (non-hydrogen) atoms. The van der Waals surface area contributed by atoms with E-state index in [1.165, 1.54) is 4.90 Å². The van der Waals surface area contributed by atoms with E-state index < -0.39 is 72.2 Å². The Balaban J connectivity index is 3.05. The first kappa shape index (κ1) is 33.8. The largest absolute Gasteiger partial charge is 0.481 e. The SMILES string of the molecule is CC(C)C[C@H](NC(=O)[C@@H]1CCCN1C(=O)[C@@H](NC(=O)[C@H](CC(C)C)NC(=O)[C@@H](N)CC(=O)O)C(C)C)C(=O)O. The number of carbonyl (C=O) groups is 6. The summed E-state index contributed by atoms with van der Waals surface area (Å²) in [6.07, 6.45) is 0.756. The van der Waals surface area contributed by atoms with E-state index in [2.05, 4.69) is 16.0 Å². The Hall–Kier alpha value is -3.22. The van der Waals surface area contributed by atoms with Crippen LogP contribution in [0.4, 0.5) is 0 Å². The number of carbonyl (C=O) groups excluding carboxylic acids is 4. The molecule has 0 aromatic rings. The summed E-state index contributed by atoms with van der Waals surface area (Å²) < 4.78 is 0. The fraction of sp³-hybridized carbons (Fsp3) is 0.769. The van der Waals surface area contributed by atoms with Crippen molar-refractivity contribution in [2.24, 2.45) is 23.5 Å². The number of carboxylic acid groups (broad SMARTS) is 2. The van der Waals surface area contributed by atoms with E-state index in [9.17, 15) is 33.9 Å². The van der Waals surface area contributed by atoms with E-state index in [4.69, 9.17) is 10.8 Å². The molecule has 222 valence electrons. The van der Waals surface area contributed by atoms with Crippen LogP contribution in [0.5, 0.6) is 0 Å². The second-order valence-electron chi connectivity index (χ2n) is 11.3. The minimum Gasteiger partial charge on any atom is -0.481 e. The zero-order valence-corrected chi connectivity index (χ0v) is 23.7. The number of nitrogens with zero attached hydrogens (tertiary/aromatic N) is 1. The lowest BCUT2D eigenvalue weighted by Crippen LogP contribution is -2.59. The average Bonchev–Trinajstić information content (AvgIpc) is 3.29. The molecule has 0 spiro atoms. The molecule has 7 N–H and O–H groups in total. The molecule has 1 fully saturated rings. The number of carboxylic acids is 2. The molecular formula is C26H45N5O8. The Morgan fingerprint density at radius 2 is 1.41 bits per heavy atom. The van der Waals surface area contributed by atoms with Gasteiger partial charge in [-0.2, -0.15) is 0 Å². The topological polar surface area (TPSA) is 208 Å². The van der Waals surface area contributed by atoms with E-state index in [-0.39, 0.29) is 37.1 Å². The third kappa shape index (κ3) is 10.8. The Labute approximate surface area is 229 Å². The van der Waals surface area contributed by atoms with Gasteiger partial charge in [-0.15, -0.1) is 0 Å². The lowest BCUT2D eigenvalue weighted by molar-refractivity contribution is -0.145. The summed E-state index contributed by atoms with van der Waals surface area (Å²) in [6, 6.07) is -5.37. The zero-order valence-electron chi connectivity index (χ0n) is 23.7. The fourth-order valence-corrected chi connectivity index (χ4v) is 4.47. The monoisotopic (exact) mass is 555 g/mol. The molecule has 1 aliphatic heterocycles. The highest BCUT2D eigenvalue weighted by atomic mass is 16.4. The molecule has 1 saturated heterocycles.